The molecular weight excluding hydrogens is 490 g/mol. The minimum absolute atomic E-state index is 0.647. The molecule has 234 valence electrons. The average Bonchev–Trinajstić information content (AvgIpc) is 2.97. The Hall–Kier alpha value is -1.22. The Morgan fingerprint density at radius 3 is 1.68 bits per heavy atom. The second kappa shape index (κ2) is 26.7. The van der Waals surface area contributed by atoms with E-state index in [1.54, 1.807) is 0 Å². The Kier molecular flexibility index (Phi) is 24.5. The predicted octanol–water partition coefficient (Wildman–Crippen LogP) is 11.4. The third-order valence-corrected chi connectivity index (χ3v) is 8.57. The van der Waals surface area contributed by atoms with E-state index in [0.717, 1.165) is 50.6 Å². The predicted molar refractivity (Wildman–Crippen MR) is 177 cm³/mol. The molecule has 0 radical (unpaired) electrons. The van der Waals surface area contributed by atoms with E-state index in [2.05, 4.69) is 57.7 Å². The molecule has 0 amide bonds. The van der Waals surface area contributed by atoms with Crippen LogP contribution in [0, 0.1) is 5.92 Å². The molecule has 40 heavy (non-hydrogen) atoms. The summed E-state index contributed by atoms with van der Waals surface area (Å²) < 4.78 is 12.6. The first kappa shape index (κ1) is 36.8. The van der Waals surface area contributed by atoms with Gasteiger partial charge in [-0.1, -0.05) is 131 Å². The number of rotatable bonds is 29. The number of hydrogen-bond acceptors (Lipinski definition) is 3. The zero-order chi connectivity index (χ0) is 29.1. The van der Waals surface area contributed by atoms with E-state index in [1.807, 2.05) is 0 Å². The molecule has 0 aliphatic rings. The van der Waals surface area contributed by atoms with Gasteiger partial charge in [-0.3, -0.25) is 0 Å². The van der Waals surface area contributed by atoms with E-state index < -0.39 is 0 Å². The molecule has 0 aliphatic carbocycles. The highest BCUT2D eigenvalue weighted by molar-refractivity contribution is 5.38. The van der Waals surface area contributed by atoms with Gasteiger partial charge in [0.15, 0.2) is 0 Å². The van der Waals surface area contributed by atoms with Gasteiger partial charge in [0.05, 0.1) is 13.2 Å². The summed E-state index contributed by atoms with van der Waals surface area (Å²) in [7, 11) is 0. The summed E-state index contributed by atoms with van der Waals surface area (Å²) in [5.41, 5.74) is 1.38. The van der Waals surface area contributed by atoms with Crippen LogP contribution in [0.15, 0.2) is 18.2 Å². The average molecular weight is 560 g/mol. The summed E-state index contributed by atoms with van der Waals surface area (Å²) in [6.45, 7) is 16.4. The van der Waals surface area contributed by atoms with Crippen molar-refractivity contribution >= 4 is 0 Å². The minimum atomic E-state index is 0.647. The normalized spacial score (nSPS) is 12.2. The Morgan fingerprint density at radius 1 is 0.575 bits per heavy atom. The van der Waals surface area contributed by atoms with Gasteiger partial charge in [0.2, 0.25) is 0 Å². The fourth-order valence-corrected chi connectivity index (χ4v) is 5.57. The van der Waals surface area contributed by atoms with Crippen molar-refractivity contribution < 1.29 is 9.47 Å². The topological polar surface area (TPSA) is 21.7 Å². The van der Waals surface area contributed by atoms with Gasteiger partial charge in [-0.15, -0.1) is 0 Å². The van der Waals surface area contributed by atoms with Gasteiger partial charge < -0.3 is 14.4 Å². The van der Waals surface area contributed by atoms with Crippen LogP contribution in [-0.4, -0.2) is 37.7 Å². The molecule has 0 bridgehead atoms. The third kappa shape index (κ3) is 19.8. The van der Waals surface area contributed by atoms with Crippen LogP contribution < -0.4 is 9.47 Å². The van der Waals surface area contributed by atoms with Gasteiger partial charge in [0.25, 0.3) is 0 Å². The van der Waals surface area contributed by atoms with E-state index in [4.69, 9.17) is 9.47 Å². The Labute approximate surface area is 251 Å². The maximum Gasteiger partial charge on any atom is 0.123 e. The molecule has 0 fully saturated rings. The number of hydrogen-bond donors (Lipinski definition) is 0. The molecule has 0 saturated heterocycles. The summed E-state index contributed by atoms with van der Waals surface area (Å²) in [5.74, 6) is 2.64. The molecular formula is C37H69NO2. The molecule has 0 N–H and O–H groups in total. The molecule has 1 atom stereocenters. The number of unbranched alkanes of at least 4 members (excludes halogenated alkanes) is 14. The highest BCUT2D eigenvalue weighted by Crippen LogP contribution is 2.26. The van der Waals surface area contributed by atoms with Gasteiger partial charge in [-0.2, -0.15) is 0 Å². The number of nitrogens with zero attached hydrogens (tertiary/aromatic N) is 1. The summed E-state index contributed by atoms with van der Waals surface area (Å²) in [5, 5.41) is 0. The lowest BCUT2D eigenvalue weighted by Crippen LogP contribution is -2.24. The van der Waals surface area contributed by atoms with Crippen LogP contribution in [-0.2, 0) is 6.42 Å². The van der Waals surface area contributed by atoms with Gasteiger partial charge >= 0.3 is 0 Å². The zero-order valence-electron chi connectivity index (χ0n) is 27.8. The number of ether oxygens (including phenoxy) is 2. The summed E-state index contributed by atoms with van der Waals surface area (Å²) >= 11 is 0. The third-order valence-electron chi connectivity index (χ3n) is 8.57. The molecule has 0 spiro atoms. The lowest BCUT2D eigenvalue weighted by atomic mass is 10.0. The van der Waals surface area contributed by atoms with Crippen molar-refractivity contribution in [2.75, 3.05) is 32.8 Å². The van der Waals surface area contributed by atoms with E-state index in [0.29, 0.717) is 5.92 Å². The lowest BCUT2D eigenvalue weighted by molar-refractivity contribution is 0.230. The van der Waals surface area contributed by atoms with Crippen LogP contribution in [0.1, 0.15) is 162 Å². The van der Waals surface area contributed by atoms with Crippen molar-refractivity contribution in [3.05, 3.63) is 23.8 Å². The van der Waals surface area contributed by atoms with Crippen LogP contribution in [0.5, 0.6) is 11.5 Å². The Balaban J connectivity index is 2.44. The van der Waals surface area contributed by atoms with Gasteiger partial charge in [-0.05, 0) is 75.4 Å². The highest BCUT2D eigenvalue weighted by atomic mass is 16.5. The number of benzene rings is 1. The van der Waals surface area contributed by atoms with E-state index in [-0.39, 0.29) is 0 Å². The van der Waals surface area contributed by atoms with Crippen molar-refractivity contribution in [3.63, 3.8) is 0 Å². The Morgan fingerprint density at radius 2 is 1.12 bits per heavy atom. The standard InChI is InChI=1S/C37H69NO2/c1-6-11-13-14-15-16-17-18-19-20-21-22-23-27-35-30-36(39-29-25-24-28-38(9-4)10-5)32-37(31-35)40-33-34(8-3)26-12-7-2/h30-32,34H,6-29,33H2,1-5H3. The van der Waals surface area contributed by atoms with Crippen LogP contribution in [0.25, 0.3) is 0 Å². The molecule has 0 heterocycles. The maximum absolute atomic E-state index is 6.36. The molecule has 1 aromatic rings. The first-order valence-electron chi connectivity index (χ1n) is 17.8. The van der Waals surface area contributed by atoms with Crippen molar-refractivity contribution in [1.82, 2.24) is 4.90 Å². The molecule has 3 heteroatoms. The van der Waals surface area contributed by atoms with Gasteiger partial charge in [0.1, 0.15) is 11.5 Å². The van der Waals surface area contributed by atoms with Crippen molar-refractivity contribution in [1.29, 1.82) is 0 Å². The van der Waals surface area contributed by atoms with Crippen LogP contribution >= 0.6 is 0 Å². The SMILES string of the molecule is CCCCCCCCCCCCCCCc1cc(OCCCCN(CC)CC)cc(OCC(CC)CCCC)c1. The monoisotopic (exact) mass is 560 g/mol. The van der Waals surface area contributed by atoms with E-state index >= 15 is 0 Å². The molecule has 0 aliphatic heterocycles. The zero-order valence-corrected chi connectivity index (χ0v) is 27.8. The highest BCUT2D eigenvalue weighted by Gasteiger charge is 2.09. The van der Waals surface area contributed by atoms with Crippen LogP contribution in [0.2, 0.25) is 0 Å². The summed E-state index contributed by atoms with van der Waals surface area (Å²) in [4.78, 5) is 2.49. The summed E-state index contributed by atoms with van der Waals surface area (Å²) in [6, 6.07) is 6.68. The molecule has 3 nitrogen and oxygen atoms in total. The second-order valence-corrected chi connectivity index (χ2v) is 12.1. The lowest BCUT2D eigenvalue weighted by Gasteiger charge is -2.18. The quantitative estimate of drug-likeness (QED) is 0.0911. The van der Waals surface area contributed by atoms with Crippen molar-refractivity contribution in [2.45, 2.75) is 163 Å². The first-order valence-corrected chi connectivity index (χ1v) is 17.8. The molecule has 0 saturated carbocycles. The van der Waals surface area contributed by atoms with E-state index in [1.165, 1.54) is 128 Å². The first-order chi connectivity index (χ1) is 19.7. The maximum atomic E-state index is 6.36. The van der Waals surface area contributed by atoms with Gasteiger partial charge in [-0.25, -0.2) is 0 Å². The van der Waals surface area contributed by atoms with Crippen LogP contribution in [0.3, 0.4) is 0 Å². The Bertz CT molecular complexity index is 672. The fraction of sp³-hybridized carbons (Fsp3) is 0.838. The minimum Gasteiger partial charge on any atom is -0.493 e. The van der Waals surface area contributed by atoms with Gasteiger partial charge in [0, 0.05) is 6.07 Å². The fourth-order valence-electron chi connectivity index (χ4n) is 5.57. The smallest absolute Gasteiger partial charge is 0.123 e. The molecule has 0 aromatic heterocycles. The summed E-state index contributed by atoms with van der Waals surface area (Å²) in [6.07, 6.45) is 26.6. The van der Waals surface area contributed by atoms with Crippen molar-refractivity contribution in [2.24, 2.45) is 5.92 Å². The largest absolute Gasteiger partial charge is 0.493 e. The number of aryl methyl sites for hydroxylation is 1. The molecule has 1 unspecified atom stereocenters. The second-order valence-electron chi connectivity index (χ2n) is 12.1. The molecule has 1 rings (SSSR count). The van der Waals surface area contributed by atoms with Crippen LogP contribution in [0.4, 0.5) is 0 Å². The van der Waals surface area contributed by atoms with E-state index in [9.17, 15) is 0 Å². The molecule has 1 aromatic carbocycles. The van der Waals surface area contributed by atoms with Crippen molar-refractivity contribution in [3.8, 4) is 11.5 Å².